The van der Waals surface area contributed by atoms with Crippen LogP contribution < -0.4 is 0 Å². The molecule has 1 atom stereocenters. The molecule has 2 nitrogen and oxygen atoms in total. The molecule has 2 rings (SSSR count). The van der Waals surface area contributed by atoms with Gasteiger partial charge in [-0.3, -0.25) is 4.79 Å². The fraction of sp³-hybridized carbons (Fsp3) is 0.583. The van der Waals surface area contributed by atoms with E-state index in [4.69, 9.17) is 0 Å². The predicted molar refractivity (Wildman–Crippen MR) is 54.9 cm³/mol. The van der Waals surface area contributed by atoms with Crippen LogP contribution in [0.3, 0.4) is 0 Å². The van der Waals surface area contributed by atoms with Gasteiger partial charge in [0.25, 0.3) is 0 Å². The SMILES string of the molecule is C=C1C(=O)C2=C(CCCCCC2)C1O. The molecule has 0 aromatic heterocycles. The van der Waals surface area contributed by atoms with Gasteiger partial charge in [0.1, 0.15) is 6.10 Å². The maximum atomic E-state index is 11.7. The quantitative estimate of drug-likeness (QED) is 0.597. The van der Waals surface area contributed by atoms with E-state index in [2.05, 4.69) is 6.58 Å². The fourth-order valence-electron chi connectivity index (χ4n) is 2.37. The van der Waals surface area contributed by atoms with Gasteiger partial charge in [0.2, 0.25) is 0 Å². The number of rotatable bonds is 0. The van der Waals surface area contributed by atoms with Crippen LogP contribution >= 0.6 is 0 Å². The van der Waals surface area contributed by atoms with Crippen molar-refractivity contribution < 1.29 is 9.90 Å². The Balaban J connectivity index is 2.31. The molecule has 0 radical (unpaired) electrons. The van der Waals surface area contributed by atoms with E-state index in [9.17, 15) is 9.90 Å². The number of carbonyl (C=O) groups is 1. The highest BCUT2D eigenvalue weighted by Crippen LogP contribution is 2.35. The number of hydrogen-bond donors (Lipinski definition) is 1. The van der Waals surface area contributed by atoms with E-state index < -0.39 is 6.10 Å². The number of carbonyl (C=O) groups excluding carboxylic acids is 1. The average Bonchev–Trinajstić information content (AvgIpc) is 2.31. The van der Waals surface area contributed by atoms with Crippen molar-refractivity contribution in [3.63, 3.8) is 0 Å². The van der Waals surface area contributed by atoms with E-state index in [1.807, 2.05) is 0 Å². The Morgan fingerprint density at radius 1 is 1.14 bits per heavy atom. The summed E-state index contributed by atoms with van der Waals surface area (Å²) in [4.78, 5) is 11.7. The van der Waals surface area contributed by atoms with Crippen molar-refractivity contribution in [2.24, 2.45) is 0 Å². The summed E-state index contributed by atoms with van der Waals surface area (Å²) in [5, 5.41) is 9.80. The van der Waals surface area contributed by atoms with Gasteiger partial charge < -0.3 is 5.11 Å². The number of aliphatic hydroxyl groups excluding tert-OH is 1. The Bertz CT molecular complexity index is 312. The average molecular weight is 192 g/mol. The third-order valence-electron chi connectivity index (χ3n) is 3.24. The fourth-order valence-corrected chi connectivity index (χ4v) is 2.37. The molecule has 2 aliphatic carbocycles. The molecule has 0 amide bonds. The molecule has 14 heavy (non-hydrogen) atoms. The number of Topliss-reactive ketones (excluding diaryl/α,β-unsaturated/α-hetero) is 1. The second kappa shape index (κ2) is 3.70. The van der Waals surface area contributed by atoms with Gasteiger partial charge in [0.15, 0.2) is 5.78 Å². The highest BCUT2D eigenvalue weighted by Gasteiger charge is 2.33. The first kappa shape index (κ1) is 9.66. The van der Waals surface area contributed by atoms with Crippen LogP contribution in [-0.2, 0) is 4.79 Å². The van der Waals surface area contributed by atoms with Gasteiger partial charge in [-0.15, -0.1) is 0 Å². The number of aliphatic hydroxyl groups is 1. The van der Waals surface area contributed by atoms with E-state index >= 15 is 0 Å². The predicted octanol–water partition coefficient (Wildman–Crippen LogP) is 2.14. The summed E-state index contributed by atoms with van der Waals surface area (Å²) in [6, 6.07) is 0. The molecule has 2 aliphatic rings. The van der Waals surface area contributed by atoms with E-state index in [0.29, 0.717) is 5.57 Å². The molecular weight excluding hydrogens is 176 g/mol. The van der Waals surface area contributed by atoms with Crippen LogP contribution in [0.15, 0.2) is 23.3 Å². The van der Waals surface area contributed by atoms with Crippen LogP contribution in [0.1, 0.15) is 38.5 Å². The molecule has 0 saturated heterocycles. The number of allylic oxidation sites excluding steroid dienone is 1. The topological polar surface area (TPSA) is 37.3 Å². The Morgan fingerprint density at radius 2 is 1.79 bits per heavy atom. The molecule has 2 heteroatoms. The molecule has 1 unspecified atom stereocenters. The van der Waals surface area contributed by atoms with Crippen molar-refractivity contribution in [1.82, 2.24) is 0 Å². The zero-order chi connectivity index (χ0) is 10.1. The lowest BCUT2D eigenvalue weighted by molar-refractivity contribution is -0.112. The monoisotopic (exact) mass is 192 g/mol. The summed E-state index contributed by atoms with van der Waals surface area (Å²) in [6.07, 6.45) is 5.62. The molecule has 0 aromatic rings. The van der Waals surface area contributed by atoms with Gasteiger partial charge in [0.05, 0.1) is 0 Å². The molecule has 1 N–H and O–H groups in total. The zero-order valence-corrected chi connectivity index (χ0v) is 8.38. The molecule has 0 heterocycles. The summed E-state index contributed by atoms with van der Waals surface area (Å²) in [7, 11) is 0. The maximum absolute atomic E-state index is 11.7. The lowest BCUT2D eigenvalue weighted by atomic mass is 9.94. The minimum atomic E-state index is -0.671. The third-order valence-corrected chi connectivity index (χ3v) is 3.24. The van der Waals surface area contributed by atoms with E-state index in [1.165, 1.54) is 12.8 Å². The minimum Gasteiger partial charge on any atom is -0.384 e. The van der Waals surface area contributed by atoms with Gasteiger partial charge in [-0.1, -0.05) is 19.4 Å². The van der Waals surface area contributed by atoms with Crippen molar-refractivity contribution in [2.45, 2.75) is 44.6 Å². The molecule has 76 valence electrons. The van der Waals surface area contributed by atoms with Crippen LogP contribution in [0.2, 0.25) is 0 Å². The smallest absolute Gasteiger partial charge is 0.187 e. The van der Waals surface area contributed by atoms with E-state index in [0.717, 1.165) is 36.8 Å². The highest BCUT2D eigenvalue weighted by atomic mass is 16.3. The lowest BCUT2D eigenvalue weighted by Gasteiger charge is -2.12. The number of ketones is 1. The van der Waals surface area contributed by atoms with Crippen molar-refractivity contribution in [1.29, 1.82) is 0 Å². The van der Waals surface area contributed by atoms with Crippen LogP contribution in [0.25, 0.3) is 0 Å². The molecule has 0 fully saturated rings. The molecular formula is C12H16O2. The van der Waals surface area contributed by atoms with Crippen LogP contribution in [0.4, 0.5) is 0 Å². The Hall–Kier alpha value is -0.890. The third kappa shape index (κ3) is 1.44. The van der Waals surface area contributed by atoms with Crippen molar-refractivity contribution in [3.05, 3.63) is 23.3 Å². The molecule has 0 aliphatic heterocycles. The largest absolute Gasteiger partial charge is 0.384 e. The summed E-state index contributed by atoms with van der Waals surface area (Å²) in [5.41, 5.74) is 2.21. The van der Waals surface area contributed by atoms with Gasteiger partial charge in [0, 0.05) is 11.1 Å². The first-order valence-corrected chi connectivity index (χ1v) is 5.35. The molecule has 0 spiro atoms. The minimum absolute atomic E-state index is 0.00870. The number of hydrogen-bond acceptors (Lipinski definition) is 2. The molecule has 0 saturated carbocycles. The van der Waals surface area contributed by atoms with Gasteiger partial charge in [-0.25, -0.2) is 0 Å². The first-order valence-electron chi connectivity index (χ1n) is 5.35. The Labute approximate surface area is 84.3 Å². The van der Waals surface area contributed by atoms with Crippen molar-refractivity contribution in [2.75, 3.05) is 0 Å². The van der Waals surface area contributed by atoms with Crippen LogP contribution in [-0.4, -0.2) is 17.0 Å². The zero-order valence-electron chi connectivity index (χ0n) is 8.38. The standard InChI is InChI=1S/C12H16O2/c1-8-11(13)9-6-4-2-3-5-7-10(9)12(8)14/h11,13H,1-7H2. The van der Waals surface area contributed by atoms with Gasteiger partial charge >= 0.3 is 0 Å². The molecule has 0 aromatic carbocycles. The highest BCUT2D eigenvalue weighted by molar-refractivity contribution is 6.12. The lowest BCUT2D eigenvalue weighted by Crippen LogP contribution is -2.09. The second-order valence-electron chi connectivity index (χ2n) is 4.17. The van der Waals surface area contributed by atoms with E-state index in [-0.39, 0.29) is 5.78 Å². The van der Waals surface area contributed by atoms with Crippen LogP contribution in [0, 0.1) is 0 Å². The maximum Gasteiger partial charge on any atom is 0.187 e. The summed E-state index contributed by atoms with van der Waals surface area (Å²) >= 11 is 0. The first-order chi connectivity index (χ1) is 6.72. The Kier molecular flexibility index (Phi) is 2.55. The van der Waals surface area contributed by atoms with Crippen molar-refractivity contribution in [3.8, 4) is 0 Å². The summed E-state index contributed by atoms with van der Waals surface area (Å²) < 4.78 is 0. The van der Waals surface area contributed by atoms with Gasteiger partial charge in [-0.2, -0.15) is 0 Å². The van der Waals surface area contributed by atoms with Gasteiger partial charge in [-0.05, 0) is 31.3 Å². The summed E-state index contributed by atoms with van der Waals surface area (Å²) in [5.74, 6) is 0.00870. The van der Waals surface area contributed by atoms with Crippen molar-refractivity contribution >= 4 is 5.78 Å². The summed E-state index contributed by atoms with van der Waals surface area (Å²) in [6.45, 7) is 3.66. The molecule has 0 bridgehead atoms. The van der Waals surface area contributed by atoms with E-state index in [1.54, 1.807) is 0 Å². The second-order valence-corrected chi connectivity index (χ2v) is 4.17. The van der Waals surface area contributed by atoms with Crippen LogP contribution in [0.5, 0.6) is 0 Å². The Morgan fingerprint density at radius 3 is 2.50 bits per heavy atom. The normalized spacial score (nSPS) is 28.8.